The molecule has 6 rings (SSSR count). The molecule has 1 aromatic carbocycles. The molecule has 1 heterocycles. The molecule has 7 heteroatoms. The highest BCUT2D eigenvalue weighted by molar-refractivity contribution is 6.22. The number of esters is 1. The average molecular weight is 410 g/mol. The summed E-state index contributed by atoms with van der Waals surface area (Å²) in [5.41, 5.74) is 0.403. The zero-order valence-corrected chi connectivity index (χ0v) is 17.1. The van der Waals surface area contributed by atoms with Gasteiger partial charge in [0.25, 0.3) is 17.7 Å². The van der Waals surface area contributed by atoms with Gasteiger partial charge in [0.15, 0.2) is 6.10 Å². The van der Waals surface area contributed by atoms with Crippen LogP contribution >= 0.6 is 0 Å². The first-order valence-electron chi connectivity index (χ1n) is 10.8. The maximum atomic E-state index is 12.8. The van der Waals surface area contributed by atoms with Gasteiger partial charge in [0, 0.05) is 5.54 Å². The second-order valence-corrected chi connectivity index (χ2v) is 9.56. The number of imide groups is 1. The number of rotatable bonds is 5. The lowest BCUT2D eigenvalue weighted by atomic mass is 9.53. The Morgan fingerprint density at radius 3 is 2.03 bits per heavy atom. The maximum Gasteiger partial charge on any atom is 0.326 e. The zero-order valence-electron chi connectivity index (χ0n) is 17.1. The van der Waals surface area contributed by atoms with Gasteiger partial charge in [-0.2, -0.15) is 0 Å². The number of amides is 3. The van der Waals surface area contributed by atoms with Crippen molar-refractivity contribution < 1.29 is 23.9 Å². The first-order chi connectivity index (χ1) is 14.3. The summed E-state index contributed by atoms with van der Waals surface area (Å²) in [4.78, 5) is 50.8. The molecule has 1 atom stereocenters. The molecule has 4 fully saturated rings. The second-order valence-electron chi connectivity index (χ2n) is 9.56. The molecule has 158 valence electrons. The topological polar surface area (TPSA) is 92.8 Å². The van der Waals surface area contributed by atoms with Crippen LogP contribution in [0.25, 0.3) is 0 Å². The molecule has 4 saturated carbocycles. The van der Waals surface area contributed by atoms with Gasteiger partial charge in [-0.3, -0.25) is 24.1 Å². The van der Waals surface area contributed by atoms with Gasteiger partial charge in [-0.1, -0.05) is 12.1 Å². The SMILES string of the molecule is C[C@H](OC(=O)CN1C(=O)c2ccccc2C1=O)C(=O)NC12CC3CC(CC(C3)C1)C2. The number of fused-ring (bicyclic) bond motifs is 1. The van der Waals surface area contributed by atoms with Crippen LogP contribution in [-0.2, 0) is 14.3 Å². The van der Waals surface area contributed by atoms with E-state index >= 15 is 0 Å². The Morgan fingerprint density at radius 1 is 1.03 bits per heavy atom. The fourth-order valence-electron chi connectivity index (χ4n) is 6.43. The van der Waals surface area contributed by atoms with Crippen LogP contribution in [0.5, 0.6) is 0 Å². The standard InChI is InChI=1S/C23H26N2O5/c1-13(20(27)24-23-9-14-6-15(10-23)8-16(7-14)11-23)30-19(26)12-25-21(28)17-4-2-3-5-18(17)22(25)29/h2-5,13-16H,6-12H2,1H3,(H,24,27)/t13-,14?,15?,16?,23?/m0/s1. The Bertz CT molecular complexity index is 869. The normalized spacial score (nSPS) is 32.2. The summed E-state index contributed by atoms with van der Waals surface area (Å²) in [5.74, 6) is -0.00327. The minimum atomic E-state index is -0.972. The highest BCUT2D eigenvalue weighted by atomic mass is 16.5. The van der Waals surface area contributed by atoms with Crippen LogP contribution in [0.4, 0.5) is 0 Å². The molecule has 3 amide bonds. The highest BCUT2D eigenvalue weighted by Crippen LogP contribution is 2.55. The monoisotopic (exact) mass is 410 g/mol. The van der Waals surface area contributed by atoms with Crippen molar-refractivity contribution in [2.24, 2.45) is 17.8 Å². The van der Waals surface area contributed by atoms with Gasteiger partial charge >= 0.3 is 5.97 Å². The summed E-state index contributed by atoms with van der Waals surface area (Å²) >= 11 is 0. The molecule has 4 aliphatic carbocycles. The van der Waals surface area contributed by atoms with Crippen molar-refractivity contribution in [3.63, 3.8) is 0 Å². The summed E-state index contributed by atoms with van der Waals surface area (Å²) < 4.78 is 5.29. The minimum Gasteiger partial charge on any atom is -0.451 e. The van der Waals surface area contributed by atoms with E-state index in [1.165, 1.54) is 26.2 Å². The molecule has 4 bridgehead atoms. The van der Waals surface area contributed by atoms with E-state index in [0.29, 0.717) is 17.8 Å². The van der Waals surface area contributed by atoms with Gasteiger partial charge in [-0.15, -0.1) is 0 Å². The van der Waals surface area contributed by atoms with Crippen molar-refractivity contribution >= 4 is 23.7 Å². The minimum absolute atomic E-state index is 0.158. The highest BCUT2D eigenvalue weighted by Gasteiger charge is 2.52. The van der Waals surface area contributed by atoms with Crippen molar-refractivity contribution in [2.75, 3.05) is 6.54 Å². The first-order valence-corrected chi connectivity index (χ1v) is 10.8. The zero-order chi connectivity index (χ0) is 21.0. The van der Waals surface area contributed by atoms with Gasteiger partial charge < -0.3 is 10.1 Å². The molecule has 1 aliphatic heterocycles. The summed E-state index contributed by atoms with van der Waals surface area (Å²) in [5, 5.41) is 3.19. The van der Waals surface area contributed by atoms with E-state index in [9.17, 15) is 19.2 Å². The number of benzene rings is 1. The van der Waals surface area contributed by atoms with Crippen LogP contribution in [-0.4, -0.2) is 46.8 Å². The van der Waals surface area contributed by atoms with E-state index in [0.717, 1.165) is 24.2 Å². The summed E-state index contributed by atoms with van der Waals surface area (Å²) in [6.07, 6.45) is 5.90. The largest absolute Gasteiger partial charge is 0.451 e. The fraction of sp³-hybridized carbons (Fsp3) is 0.565. The molecule has 0 radical (unpaired) electrons. The van der Waals surface area contributed by atoms with Crippen LogP contribution in [0.1, 0.15) is 66.2 Å². The van der Waals surface area contributed by atoms with Crippen LogP contribution in [0.2, 0.25) is 0 Å². The molecule has 0 saturated heterocycles. The molecule has 0 unspecified atom stereocenters. The van der Waals surface area contributed by atoms with Crippen molar-refractivity contribution in [3.8, 4) is 0 Å². The maximum absolute atomic E-state index is 12.8. The molecule has 7 nitrogen and oxygen atoms in total. The molecule has 0 aromatic heterocycles. The number of carbonyl (C=O) groups is 4. The van der Waals surface area contributed by atoms with Crippen LogP contribution < -0.4 is 5.32 Å². The van der Waals surface area contributed by atoms with E-state index in [1.54, 1.807) is 24.3 Å². The third-order valence-corrected chi connectivity index (χ3v) is 7.27. The van der Waals surface area contributed by atoms with Crippen molar-refractivity contribution in [2.45, 2.75) is 57.1 Å². The third-order valence-electron chi connectivity index (χ3n) is 7.27. The Balaban J connectivity index is 1.18. The smallest absolute Gasteiger partial charge is 0.326 e. The lowest BCUT2D eigenvalue weighted by Gasteiger charge is -2.57. The van der Waals surface area contributed by atoms with Gasteiger partial charge in [-0.25, -0.2) is 0 Å². The summed E-state index contributed by atoms with van der Waals surface area (Å²) in [6.45, 7) is 1.04. The number of hydrogen-bond acceptors (Lipinski definition) is 5. The van der Waals surface area contributed by atoms with Crippen molar-refractivity contribution in [3.05, 3.63) is 35.4 Å². The molecular weight excluding hydrogens is 384 g/mol. The number of carbonyl (C=O) groups excluding carboxylic acids is 4. The van der Waals surface area contributed by atoms with E-state index in [4.69, 9.17) is 4.74 Å². The van der Waals surface area contributed by atoms with Crippen molar-refractivity contribution in [1.82, 2.24) is 10.2 Å². The molecule has 5 aliphatic rings. The Morgan fingerprint density at radius 2 is 1.53 bits per heavy atom. The number of nitrogens with one attached hydrogen (secondary N) is 1. The summed E-state index contributed by atoms with van der Waals surface area (Å²) in [7, 11) is 0. The quantitative estimate of drug-likeness (QED) is 0.594. The average Bonchev–Trinajstić information content (AvgIpc) is 2.91. The Labute approximate surface area is 175 Å². The fourth-order valence-corrected chi connectivity index (χ4v) is 6.43. The van der Waals surface area contributed by atoms with Crippen LogP contribution in [0, 0.1) is 17.8 Å². The van der Waals surface area contributed by atoms with Gasteiger partial charge in [0.2, 0.25) is 0 Å². The summed E-state index contributed by atoms with van der Waals surface area (Å²) in [6, 6.07) is 6.45. The lowest BCUT2D eigenvalue weighted by molar-refractivity contribution is -0.156. The molecule has 1 N–H and O–H groups in total. The molecule has 30 heavy (non-hydrogen) atoms. The first kappa shape index (κ1) is 19.3. The molecule has 0 spiro atoms. The van der Waals surface area contributed by atoms with Crippen LogP contribution in [0.15, 0.2) is 24.3 Å². The second kappa shape index (κ2) is 6.93. The predicted molar refractivity (Wildman–Crippen MR) is 106 cm³/mol. The van der Waals surface area contributed by atoms with Gasteiger partial charge in [0.1, 0.15) is 6.54 Å². The lowest BCUT2D eigenvalue weighted by Crippen LogP contribution is -2.61. The Hall–Kier alpha value is -2.70. The molecular formula is C23H26N2O5. The number of nitrogens with zero attached hydrogens (tertiary/aromatic N) is 1. The van der Waals surface area contributed by atoms with Crippen LogP contribution in [0.3, 0.4) is 0 Å². The predicted octanol–water partition coefficient (Wildman–Crippen LogP) is 2.30. The van der Waals surface area contributed by atoms with Gasteiger partial charge in [0.05, 0.1) is 11.1 Å². The van der Waals surface area contributed by atoms with Gasteiger partial charge in [-0.05, 0) is 75.3 Å². The third kappa shape index (κ3) is 3.20. The van der Waals surface area contributed by atoms with E-state index in [1.807, 2.05) is 0 Å². The van der Waals surface area contributed by atoms with Crippen molar-refractivity contribution in [1.29, 1.82) is 0 Å². The number of hydrogen-bond donors (Lipinski definition) is 1. The number of ether oxygens (including phenoxy) is 1. The van der Waals surface area contributed by atoms with E-state index in [-0.39, 0.29) is 22.6 Å². The van der Waals surface area contributed by atoms with E-state index < -0.39 is 30.4 Å². The Kier molecular flexibility index (Phi) is 4.45. The molecule has 1 aromatic rings. The van der Waals surface area contributed by atoms with E-state index in [2.05, 4.69) is 5.32 Å².